The SMILES string of the molecule is CC(C)(O)CCOc1ccc([N+](=O)[O-])cc1C=O. The van der Waals surface area contributed by atoms with E-state index in [1.54, 1.807) is 13.8 Å². The highest BCUT2D eigenvalue weighted by Gasteiger charge is 2.14. The maximum absolute atomic E-state index is 10.8. The number of benzene rings is 1. The van der Waals surface area contributed by atoms with Crippen LogP contribution in [-0.2, 0) is 0 Å². The number of aliphatic hydroxyl groups is 1. The number of hydrogen-bond acceptors (Lipinski definition) is 5. The van der Waals surface area contributed by atoms with Crippen LogP contribution in [0, 0.1) is 10.1 Å². The second-order valence-corrected chi connectivity index (χ2v) is 4.51. The Labute approximate surface area is 104 Å². The molecule has 0 heterocycles. The van der Waals surface area contributed by atoms with Crippen molar-refractivity contribution in [3.05, 3.63) is 33.9 Å². The summed E-state index contributed by atoms with van der Waals surface area (Å²) in [7, 11) is 0. The predicted molar refractivity (Wildman–Crippen MR) is 64.9 cm³/mol. The van der Waals surface area contributed by atoms with E-state index in [2.05, 4.69) is 0 Å². The van der Waals surface area contributed by atoms with Crippen molar-refractivity contribution in [1.29, 1.82) is 0 Å². The lowest BCUT2D eigenvalue weighted by atomic mass is 10.1. The Morgan fingerprint density at radius 3 is 2.67 bits per heavy atom. The first-order valence-electron chi connectivity index (χ1n) is 5.42. The molecule has 0 unspecified atom stereocenters. The third-order valence-corrected chi connectivity index (χ3v) is 2.30. The number of hydrogen-bond donors (Lipinski definition) is 1. The number of aldehydes is 1. The average molecular weight is 253 g/mol. The molecule has 0 bridgehead atoms. The summed E-state index contributed by atoms with van der Waals surface area (Å²) in [4.78, 5) is 20.8. The van der Waals surface area contributed by atoms with Gasteiger partial charge in [-0.15, -0.1) is 0 Å². The van der Waals surface area contributed by atoms with Crippen LogP contribution in [0.15, 0.2) is 18.2 Å². The molecular weight excluding hydrogens is 238 g/mol. The van der Waals surface area contributed by atoms with Crippen molar-refractivity contribution in [3.8, 4) is 5.75 Å². The number of carbonyl (C=O) groups is 1. The number of ether oxygens (including phenoxy) is 1. The van der Waals surface area contributed by atoms with Crippen molar-refractivity contribution < 1.29 is 19.6 Å². The smallest absolute Gasteiger partial charge is 0.270 e. The topological polar surface area (TPSA) is 89.7 Å². The van der Waals surface area contributed by atoms with Crippen LogP contribution in [0.25, 0.3) is 0 Å². The summed E-state index contributed by atoms with van der Waals surface area (Å²) in [6, 6.07) is 3.81. The number of carbonyl (C=O) groups excluding carboxylic acids is 1. The average Bonchev–Trinajstić information content (AvgIpc) is 2.27. The molecule has 18 heavy (non-hydrogen) atoms. The Balaban J connectivity index is 2.77. The van der Waals surface area contributed by atoms with E-state index in [-0.39, 0.29) is 23.6 Å². The molecule has 1 aromatic carbocycles. The van der Waals surface area contributed by atoms with Crippen LogP contribution in [0.3, 0.4) is 0 Å². The lowest BCUT2D eigenvalue weighted by molar-refractivity contribution is -0.384. The van der Waals surface area contributed by atoms with Crippen LogP contribution in [-0.4, -0.2) is 28.5 Å². The summed E-state index contributed by atoms with van der Waals surface area (Å²) in [6.07, 6.45) is 0.898. The highest BCUT2D eigenvalue weighted by atomic mass is 16.6. The highest BCUT2D eigenvalue weighted by Crippen LogP contribution is 2.23. The van der Waals surface area contributed by atoms with Crippen LogP contribution >= 0.6 is 0 Å². The minimum Gasteiger partial charge on any atom is -0.493 e. The second kappa shape index (κ2) is 5.59. The molecule has 0 spiro atoms. The zero-order valence-corrected chi connectivity index (χ0v) is 10.3. The Morgan fingerprint density at radius 1 is 1.50 bits per heavy atom. The molecule has 0 saturated heterocycles. The first-order chi connectivity index (χ1) is 8.33. The lowest BCUT2D eigenvalue weighted by Crippen LogP contribution is -2.22. The molecule has 0 aromatic heterocycles. The third kappa shape index (κ3) is 4.14. The van der Waals surface area contributed by atoms with E-state index in [1.165, 1.54) is 12.1 Å². The first kappa shape index (κ1) is 14.1. The van der Waals surface area contributed by atoms with E-state index in [4.69, 9.17) is 4.74 Å². The van der Waals surface area contributed by atoms with Crippen molar-refractivity contribution in [3.63, 3.8) is 0 Å². The number of rotatable bonds is 6. The van der Waals surface area contributed by atoms with Crippen LogP contribution in [0.5, 0.6) is 5.75 Å². The molecule has 0 aliphatic heterocycles. The van der Waals surface area contributed by atoms with E-state index in [1.807, 2.05) is 0 Å². The van der Waals surface area contributed by atoms with E-state index in [9.17, 15) is 20.0 Å². The predicted octanol–water partition coefficient (Wildman–Crippen LogP) is 1.95. The summed E-state index contributed by atoms with van der Waals surface area (Å²) in [5.74, 6) is 0.278. The molecule has 0 aliphatic carbocycles. The molecule has 1 rings (SSSR count). The van der Waals surface area contributed by atoms with Gasteiger partial charge in [-0.3, -0.25) is 14.9 Å². The first-order valence-corrected chi connectivity index (χ1v) is 5.42. The molecule has 1 N–H and O–H groups in total. The van der Waals surface area contributed by atoms with Crippen molar-refractivity contribution in [1.82, 2.24) is 0 Å². The van der Waals surface area contributed by atoms with Gasteiger partial charge in [0.05, 0.1) is 22.7 Å². The van der Waals surface area contributed by atoms with Crippen LogP contribution < -0.4 is 4.74 Å². The quantitative estimate of drug-likeness (QED) is 0.475. The van der Waals surface area contributed by atoms with Crippen LogP contribution in [0.4, 0.5) is 5.69 Å². The molecule has 98 valence electrons. The Morgan fingerprint density at radius 2 is 2.17 bits per heavy atom. The lowest BCUT2D eigenvalue weighted by Gasteiger charge is -2.17. The molecule has 1 aromatic rings. The zero-order chi connectivity index (χ0) is 13.8. The van der Waals surface area contributed by atoms with E-state index in [0.717, 1.165) is 6.07 Å². The largest absolute Gasteiger partial charge is 0.493 e. The van der Waals surface area contributed by atoms with Crippen molar-refractivity contribution >= 4 is 12.0 Å². The summed E-state index contributed by atoms with van der Waals surface area (Å²) in [5.41, 5.74) is -0.894. The fourth-order valence-corrected chi connectivity index (χ4v) is 1.28. The number of non-ortho nitro benzene ring substituents is 1. The molecule has 6 heteroatoms. The van der Waals surface area contributed by atoms with Gasteiger partial charge in [-0.2, -0.15) is 0 Å². The maximum atomic E-state index is 10.8. The standard InChI is InChI=1S/C12H15NO5/c1-12(2,15)5-6-18-11-4-3-10(13(16)17)7-9(11)8-14/h3-4,7-8,15H,5-6H2,1-2H3. The van der Waals surface area contributed by atoms with Crippen LogP contribution in [0.1, 0.15) is 30.6 Å². The number of nitro groups is 1. The van der Waals surface area contributed by atoms with Gasteiger partial charge in [-0.25, -0.2) is 0 Å². The van der Waals surface area contributed by atoms with Gasteiger partial charge in [-0.05, 0) is 19.9 Å². The van der Waals surface area contributed by atoms with Crippen LogP contribution in [0.2, 0.25) is 0 Å². The molecule has 6 nitrogen and oxygen atoms in total. The van der Waals surface area contributed by atoms with E-state index >= 15 is 0 Å². The summed E-state index contributed by atoms with van der Waals surface area (Å²) in [6.45, 7) is 3.52. The van der Waals surface area contributed by atoms with Gasteiger partial charge in [-0.1, -0.05) is 0 Å². The van der Waals surface area contributed by atoms with Gasteiger partial charge < -0.3 is 9.84 Å². The van der Waals surface area contributed by atoms with Gasteiger partial charge >= 0.3 is 0 Å². The molecular formula is C12H15NO5. The molecule has 0 saturated carbocycles. The minimum atomic E-state index is -0.859. The third-order valence-electron chi connectivity index (χ3n) is 2.30. The molecule has 0 fully saturated rings. The van der Waals surface area contributed by atoms with E-state index < -0.39 is 10.5 Å². The molecule has 0 aliphatic rings. The fourth-order valence-electron chi connectivity index (χ4n) is 1.28. The van der Waals surface area contributed by atoms with Gasteiger partial charge in [0.15, 0.2) is 6.29 Å². The van der Waals surface area contributed by atoms with Crippen molar-refractivity contribution in [2.45, 2.75) is 25.9 Å². The van der Waals surface area contributed by atoms with Gasteiger partial charge in [0, 0.05) is 18.6 Å². The van der Waals surface area contributed by atoms with Gasteiger partial charge in [0.25, 0.3) is 5.69 Å². The monoisotopic (exact) mass is 253 g/mol. The number of nitrogens with zero attached hydrogens (tertiary/aromatic N) is 1. The molecule has 0 atom stereocenters. The Bertz CT molecular complexity index is 450. The zero-order valence-electron chi connectivity index (χ0n) is 10.3. The maximum Gasteiger partial charge on any atom is 0.270 e. The Kier molecular flexibility index (Phi) is 4.38. The van der Waals surface area contributed by atoms with E-state index in [0.29, 0.717) is 12.7 Å². The van der Waals surface area contributed by atoms with Crippen molar-refractivity contribution in [2.75, 3.05) is 6.61 Å². The Hall–Kier alpha value is -1.95. The summed E-state index contributed by atoms with van der Waals surface area (Å²) < 4.78 is 5.32. The normalized spacial score (nSPS) is 11.1. The van der Waals surface area contributed by atoms with Gasteiger partial charge in [0.2, 0.25) is 0 Å². The highest BCUT2D eigenvalue weighted by molar-refractivity contribution is 5.80. The van der Waals surface area contributed by atoms with Gasteiger partial charge in [0.1, 0.15) is 5.75 Å². The fraction of sp³-hybridized carbons (Fsp3) is 0.417. The summed E-state index contributed by atoms with van der Waals surface area (Å²) >= 11 is 0. The number of nitro benzene ring substituents is 1. The molecule has 0 amide bonds. The van der Waals surface area contributed by atoms with Crippen molar-refractivity contribution in [2.24, 2.45) is 0 Å². The second-order valence-electron chi connectivity index (χ2n) is 4.51. The minimum absolute atomic E-state index is 0.125. The molecule has 0 radical (unpaired) electrons. The summed E-state index contributed by atoms with van der Waals surface area (Å²) in [5, 5.41) is 20.0.